The Morgan fingerprint density at radius 1 is 1.15 bits per heavy atom. The van der Waals surface area contributed by atoms with Gasteiger partial charge in [-0.25, -0.2) is 0 Å². The molecule has 1 aromatic heterocycles. The molecule has 10 nitrogen and oxygen atoms in total. The zero-order valence-corrected chi connectivity index (χ0v) is 19.7. The molecular weight excluding hydrogens is 434 g/mol. The minimum Gasteiger partial charge on any atom is -0.495 e. The number of nitrogens with one attached hydrogen (secondary N) is 2. The van der Waals surface area contributed by atoms with Crippen molar-refractivity contribution in [2.75, 3.05) is 31.3 Å². The summed E-state index contributed by atoms with van der Waals surface area (Å²) in [6.45, 7) is 5.17. The van der Waals surface area contributed by atoms with Gasteiger partial charge < -0.3 is 31.1 Å². The molecule has 1 aliphatic rings. The molecule has 2 heterocycles. The molecule has 0 spiro atoms. The number of aromatic nitrogens is 3. The first kappa shape index (κ1) is 23.4. The van der Waals surface area contributed by atoms with Crippen LogP contribution in [0.5, 0.6) is 5.75 Å². The molecule has 1 aliphatic heterocycles. The maximum atomic E-state index is 12.0. The Morgan fingerprint density at radius 2 is 1.91 bits per heavy atom. The van der Waals surface area contributed by atoms with Crippen LogP contribution in [0.15, 0.2) is 36.4 Å². The Kier molecular flexibility index (Phi) is 6.36. The van der Waals surface area contributed by atoms with Crippen LogP contribution in [-0.2, 0) is 18.6 Å². The van der Waals surface area contributed by atoms with Gasteiger partial charge >= 0.3 is 0 Å². The van der Waals surface area contributed by atoms with Gasteiger partial charge in [0.1, 0.15) is 5.75 Å². The number of ether oxygens (including phenoxy) is 1. The van der Waals surface area contributed by atoms with E-state index in [4.69, 9.17) is 10.5 Å². The van der Waals surface area contributed by atoms with Crippen LogP contribution in [0.2, 0.25) is 0 Å². The average Bonchev–Trinajstić information content (AvgIpc) is 2.78. The van der Waals surface area contributed by atoms with Crippen molar-refractivity contribution >= 4 is 29.0 Å². The number of nitrogens with two attached hydrogens (primary N) is 1. The second-order valence-electron chi connectivity index (χ2n) is 8.86. The lowest BCUT2D eigenvalue weighted by Gasteiger charge is -2.26. The van der Waals surface area contributed by atoms with Crippen molar-refractivity contribution in [3.63, 3.8) is 0 Å². The molecule has 0 saturated heterocycles. The van der Waals surface area contributed by atoms with Crippen molar-refractivity contribution in [1.82, 2.24) is 20.1 Å². The fourth-order valence-corrected chi connectivity index (χ4v) is 4.00. The molecule has 3 aromatic rings. The van der Waals surface area contributed by atoms with E-state index in [1.165, 1.54) is 11.1 Å². The summed E-state index contributed by atoms with van der Waals surface area (Å²) < 4.78 is 5.59. The fraction of sp³-hybridized carbons (Fsp3) is 0.333. The molecule has 0 saturated carbocycles. The number of fused-ring (bicyclic) bond motifs is 1. The largest absolute Gasteiger partial charge is 0.495 e. The summed E-state index contributed by atoms with van der Waals surface area (Å²) in [5.74, 6) is 0.170. The highest BCUT2D eigenvalue weighted by Crippen LogP contribution is 2.34. The lowest BCUT2D eigenvalue weighted by Crippen LogP contribution is -2.26. The number of methoxy groups -OCH3 is 1. The molecule has 1 amide bonds. The predicted octanol–water partition coefficient (Wildman–Crippen LogP) is 2.68. The number of nitrogens with zero attached hydrogens (tertiary/aromatic N) is 4. The molecule has 0 unspecified atom stereocenters. The summed E-state index contributed by atoms with van der Waals surface area (Å²) in [6.07, 6.45) is 0.921. The van der Waals surface area contributed by atoms with Gasteiger partial charge in [0, 0.05) is 24.3 Å². The summed E-state index contributed by atoms with van der Waals surface area (Å²) >= 11 is 0. The first-order valence-corrected chi connectivity index (χ1v) is 10.9. The van der Waals surface area contributed by atoms with Crippen molar-refractivity contribution < 1.29 is 14.6 Å². The maximum Gasteiger partial charge on any atom is 0.273 e. The SMILES string of the molecule is COc1cc2c(cc1Nc1nnc(C(N)=O)c(Nc3ccccc3C(C)(C)O)n1)CCN(C)C2. The number of para-hydroxylation sites is 1. The number of carbonyl (C=O) groups is 1. The monoisotopic (exact) mass is 463 g/mol. The minimum absolute atomic E-state index is 0.114. The van der Waals surface area contributed by atoms with E-state index in [-0.39, 0.29) is 17.5 Å². The second kappa shape index (κ2) is 9.24. The van der Waals surface area contributed by atoms with E-state index in [1.807, 2.05) is 24.3 Å². The molecule has 178 valence electrons. The van der Waals surface area contributed by atoms with Crippen LogP contribution < -0.4 is 21.1 Å². The summed E-state index contributed by atoms with van der Waals surface area (Å²) in [5.41, 5.74) is 8.60. The highest BCUT2D eigenvalue weighted by atomic mass is 16.5. The standard InChI is InChI=1S/C24H29N7O3/c1-24(2,33)16-7-5-6-8-17(16)26-22-20(21(25)32)29-30-23(28-22)27-18-11-14-9-10-31(3)13-15(14)12-19(18)34-4/h5-8,11-12,33H,9-10,13H2,1-4H3,(H2,25,32)(H2,26,27,28,30). The third kappa shape index (κ3) is 4.92. The third-order valence-electron chi connectivity index (χ3n) is 5.73. The fourth-order valence-electron chi connectivity index (χ4n) is 4.00. The van der Waals surface area contributed by atoms with Gasteiger partial charge in [-0.1, -0.05) is 18.2 Å². The first-order chi connectivity index (χ1) is 16.2. The summed E-state index contributed by atoms with van der Waals surface area (Å²) in [5, 5.41) is 24.8. The molecule has 0 atom stereocenters. The Bertz CT molecular complexity index is 1220. The number of likely N-dealkylation sites (N-methyl/N-ethyl adjacent to an activating group) is 1. The van der Waals surface area contributed by atoms with E-state index in [2.05, 4.69) is 37.8 Å². The first-order valence-electron chi connectivity index (χ1n) is 10.9. The molecule has 2 aromatic carbocycles. The van der Waals surface area contributed by atoms with Gasteiger partial charge in [0.05, 0.1) is 18.4 Å². The van der Waals surface area contributed by atoms with Crippen LogP contribution >= 0.6 is 0 Å². The van der Waals surface area contributed by atoms with Crippen molar-refractivity contribution in [2.24, 2.45) is 5.73 Å². The van der Waals surface area contributed by atoms with E-state index < -0.39 is 11.5 Å². The van der Waals surface area contributed by atoms with Gasteiger partial charge in [0.15, 0.2) is 11.5 Å². The number of aliphatic hydroxyl groups is 1. The van der Waals surface area contributed by atoms with Crippen LogP contribution in [0.1, 0.15) is 41.0 Å². The number of benzene rings is 2. The molecule has 0 radical (unpaired) electrons. The number of hydrogen-bond donors (Lipinski definition) is 4. The van der Waals surface area contributed by atoms with Gasteiger partial charge in [-0.15, -0.1) is 10.2 Å². The molecule has 0 fully saturated rings. The molecule has 4 rings (SSSR count). The lowest BCUT2D eigenvalue weighted by molar-refractivity contribution is 0.0793. The van der Waals surface area contributed by atoms with E-state index >= 15 is 0 Å². The quantitative estimate of drug-likeness (QED) is 0.416. The summed E-state index contributed by atoms with van der Waals surface area (Å²) in [7, 11) is 3.70. The van der Waals surface area contributed by atoms with Crippen LogP contribution in [0.4, 0.5) is 23.1 Å². The van der Waals surface area contributed by atoms with E-state index in [1.54, 1.807) is 33.1 Å². The van der Waals surface area contributed by atoms with Crippen LogP contribution in [0.25, 0.3) is 0 Å². The molecular formula is C24H29N7O3. The van der Waals surface area contributed by atoms with E-state index in [0.717, 1.165) is 19.5 Å². The zero-order chi connectivity index (χ0) is 24.5. The average molecular weight is 464 g/mol. The molecule has 10 heteroatoms. The van der Waals surface area contributed by atoms with Crippen molar-refractivity contribution in [3.05, 3.63) is 58.8 Å². The Balaban J connectivity index is 1.70. The Labute approximate surface area is 198 Å². The van der Waals surface area contributed by atoms with Crippen LogP contribution in [0, 0.1) is 0 Å². The number of primary amides is 1. The highest BCUT2D eigenvalue weighted by molar-refractivity contribution is 5.96. The molecule has 5 N–H and O–H groups in total. The van der Waals surface area contributed by atoms with Gasteiger partial charge in [0.25, 0.3) is 5.91 Å². The van der Waals surface area contributed by atoms with Crippen LogP contribution in [-0.4, -0.2) is 51.8 Å². The smallest absolute Gasteiger partial charge is 0.273 e. The normalized spacial score (nSPS) is 13.8. The van der Waals surface area contributed by atoms with Crippen molar-refractivity contribution in [2.45, 2.75) is 32.4 Å². The number of carbonyl (C=O) groups excluding carboxylic acids is 1. The Morgan fingerprint density at radius 3 is 2.62 bits per heavy atom. The zero-order valence-electron chi connectivity index (χ0n) is 19.7. The van der Waals surface area contributed by atoms with Crippen LogP contribution in [0.3, 0.4) is 0 Å². The van der Waals surface area contributed by atoms with Gasteiger partial charge in [-0.05, 0) is 56.6 Å². The van der Waals surface area contributed by atoms with Gasteiger partial charge in [-0.2, -0.15) is 4.98 Å². The van der Waals surface area contributed by atoms with Gasteiger partial charge in [0.2, 0.25) is 5.95 Å². The van der Waals surface area contributed by atoms with E-state index in [9.17, 15) is 9.90 Å². The molecule has 0 aliphatic carbocycles. The van der Waals surface area contributed by atoms with Crippen molar-refractivity contribution in [3.8, 4) is 5.75 Å². The molecule has 0 bridgehead atoms. The Hall–Kier alpha value is -3.76. The van der Waals surface area contributed by atoms with Gasteiger partial charge in [-0.3, -0.25) is 4.79 Å². The lowest BCUT2D eigenvalue weighted by atomic mass is 9.96. The maximum absolute atomic E-state index is 12.0. The third-order valence-corrected chi connectivity index (χ3v) is 5.73. The number of anilines is 4. The molecule has 34 heavy (non-hydrogen) atoms. The number of amides is 1. The minimum atomic E-state index is -1.12. The second-order valence-corrected chi connectivity index (χ2v) is 8.86. The summed E-state index contributed by atoms with van der Waals surface area (Å²) in [6, 6.07) is 11.2. The highest BCUT2D eigenvalue weighted by Gasteiger charge is 2.23. The number of hydrogen-bond acceptors (Lipinski definition) is 9. The van der Waals surface area contributed by atoms with E-state index in [0.29, 0.717) is 22.7 Å². The summed E-state index contributed by atoms with van der Waals surface area (Å²) in [4.78, 5) is 18.7. The number of rotatable bonds is 7. The van der Waals surface area contributed by atoms with Crippen molar-refractivity contribution in [1.29, 1.82) is 0 Å². The predicted molar refractivity (Wildman–Crippen MR) is 130 cm³/mol. The topological polar surface area (TPSA) is 139 Å².